The highest BCUT2D eigenvalue weighted by Gasteiger charge is 1.93. The normalized spacial score (nSPS) is 12.3. The molecule has 3 nitrogen and oxygen atoms in total. The van der Waals surface area contributed by atoms with Crippen molar-refractivity contribution in [2.75, 3.05) is 13.2 Å². The molecule has 0 rings (SSSR count). The summed E-state index contributed by atoms with van der Waals surface area (Å²) in [6, 6.07) is 0. The Morgan fingerprint density at radius 2 is 2.00 bits per heavy atom. The van der Waals surface area contributed by atoms with Crippen molar-refractivity contribution < 1.29 is 14.9 Å². The molecule has 0 amide bonds. The maximum atomic E-state index is 8.94. The van der Waals surface area contributed by atoms with Gasteiger partial charge in [0.2, 0.25) is 0 Å². The van der Waals surface area contributed by atoms with Gasteiger partial charge in [0.1, 0.15) is 12.4 Å². The van der Waals surface area contributed by atoms with Gasteiger partial charge in [0.05, 0.1) is 12.9 Å². The molecule has 0 unspecified atom stereocenters. The molecule has 15 heavy (non-hydrogen) atoms. The zero-order chi connectivity index (χ0) is 11.4. The third-order valence-electron chi connectivity index (χ3n) is 2.01. The lowest BCUT2D eigenvalue weighted by molar-refractivity contribution is 0.231. The van der Waals surface area contributed by atoms with Crippen LogP contribution >= 0.6 is 0 Å². The molecule has 0 heterocycles. The summed E-state index contributed by atoms with van der Waals surface area (Å²) in [6.07, 6.45) is 10.6. The summed E-state index contributed by atoms with van der Waals surface area (Å²) in [7, 11) is 0. The maximum absolute atomic E-state index is 8.94. The summed E-state index contributed by atoms with van der Waals surface area (Å²) in [5.41, 5.74) is 0. The first-order valence-corrected chi connectivity index (χ1v) is 5.57. The van der Waals surface area contributed by atoms with E-state index in [9.17, 15) is 0 Å². The van der Waals surface area contributed by atoms with Crippen molar-refractivity contribution in [3.63, 3.8) is 0 Å². The van der Waals surface area contributed by atoms with Crippen LogP contribution in [0, 0.1) is 0 Å². The summed E-state index contributed by atoms with van der Waals surface area (Å²) < 4.78 is 5.11. The Hall–Kier alpha value is -0.800. The van der Waals surface area contributed by atoms with Crippen molar-refractivity contribution in [1.29, 1.82) is 0 Å². The van der Waals surface area contributed by atoms with Gasteiger partial charge in [0.15, 0.2) is 0 Å². The van der Waals surface area contributed by atoms with E-state index < -0.39 is 0 Å². The van der Waals surface area contributed by atoms with Crippen molar-refractivity contribution in [2.24, 2.45) is 0 Å². The van der Waals surface area contributed by atoms with E-state index in [1.165, 1.54) is 31.6 Å². The molecule has 0 aliphatic carbocycles. The molecular weight excluding hydrogens is 192 g/mol. The topological polar surface area (TPSA) is 49.7 Å². The number of aliphatic hydroxyl groups excluding tert-OH is 2. The fourth-order valence-electron chi connectivity index (χ4n) is 1.16. The van der Waals surface area contributed by atoms with Crippen molar-refractivity contribution in [3.05, 3.63) is 24.2 Å². The number of hydrogen-bond acceptors (Lipinski definition) is 3. The predicted molar refractivity (Wildman–Crippen MR) is 61.2 cm³/mol. The van der Waals surface area contributed by atoms with E-state index in [4.69, 9.17) is 14.9 Å². The van der Waals surface area contributed by atoms with E-state index in [2.05, 4.69) is 6.92 Å². The van der Waals surface area contributed by atoms with Gasteiger partial charge in [-0.2, -0.15) is 0 Å². The lowest BCUT2D eigenvalue weighted by Gasteiger charge is -2.02. The quantitative estimate of drug-likeness (QED) is 0.457. The molecule has 0 radical (unpaired) electrons. The summed E-state index contributed by atoms with van der Waals surface area (Å²) in [6.45, 7) is 2.04. The van der Waals surface area contributed by atoms with E-state index in [1.54, 1.807) is 0 Å². The van der Waals surface area contributed by atoms with Crippen LogP contribution in [0.25, 0.3) is 0 Å². The van der Waals surface area contributed by atoms with Crippen LogP contribution in [-0.2, 0) is 4.74 Å². The summed E-state index contributed by atoms with van der Waals surface area (Å²) in [5, 5.41) is 17.4. The van der Waals surface area contributed by atoms with Crippen molar-refractivity contribution in [2.45, 2.75) is 39.0 Å². The van der Waals surface area contributed by atoms with Crippen LogP contribution in [-0.4, -0.2) is 23.4 Å². The standard InChI is InChI=1S/C12H22O3/c1-2-3-4-5-6-8-12(11-14)15-10-7-9-13/h7-8,10,13-14H,2-6,9,11H2,1H3/b10-7+,12-8-. The molecule has 0 aliphatic heterocycles. The van der Waals surface area contributed by atoms with Crippen LogP contribution in [0.15, 0.2) is 24.2 Å². The van der Waals surface area contributed by atoms with Gasteiger partial charge in [-0.3, -0.25) is 0 Å². The number of unbranched alkanes of at least 4 members (excludes halogenated alkanes) is 4. The Kier molecular flexibility index (Phi) is 10.7. The van der Waals surface area contributed by atoms with Gasteiger partial charge in [-0.1, -0.05) is 26.2 Å². The minimum Gasteiger partial charge on any atom is -0.467 e. The van der Waals surface area contributed by atoms with Gasteiger partial charge < -0.3 is 14.9 Å². The number of hydrogen-bond donors (Lipinski definition) is 2. The molecule has 0 aliphatic rings. The molecule has 0 saturated heterocycles. The molecule has 0 spiro atoms. The molecule has 0 aromatic rings. The second-order valence-electron chi connectivity index (χ2n) is 3.35. The largest absolute Gasteiger partial charge is 0.467 e. The van der Waals surface area contributed by atoms with Crippen LogP contribution in [0.5, 0.6) is 0 Å². The predicted octanol–water partition coefficient (Wildman–Crippen LogP) is 2.36. The number of aliphatic hydroxyl groups is 2. The Bertz CT molecular complexity index is 185. The van der Waals surface area contributed by atoms with Crippen molar-refractivity contribution in [3.8, 4) is 0 Å². The van der Waals surface area contributed by atoms with Gasteiger partial charge in [0.25, 0.3) is 0 Å². The third-order valence-corrected chi connectivity index (χ3v) is 2.01. The molecule has 3 heteroatoms. The summed E-state index contributed by atoms with van der Waals surface area (Å²) >= 11 is 0. The molecule has 0 saturated carbocycles. The zero-order valence-electron chi connectivity index (χ0n) is 9.48. The monoisotopic (exact) mass is 214 g/mol. The second kappa shape index (κ2) is 11.3. The Morgan fingerprint density at radius 1 is 1.20 bits per heavy atom. The van der Waals surface area contributed by atoms with E-state index in [0.29, 0.717) is 5.76 Å². The first-order valence-electron chi connectivity index (χ1n) is 5.57. The number of ether oxygens (including phenoxy) is 1. The summed E-state index contributed by atoms with van der Waals surface area (Å²) in [5.74, 6) is 0.552. The first kappa shape index (κ1) is 14.2. The van der Waals surface area contributed by atoms with Crippen LogP contribution in [0.1, 0.15) is 39.0 Å². The van der Waals surface area contributed by atoms with E-state index in [0.717, 1.165) is 12.8 Å². The van der Waals surface area contributed by atoms with Gasteiger partial charge in [0, 0.05) is 0 Å². The Labute approximate surface area is 92.1 Å². The second-order valence-corrected chi connectivity index (χ2v) is 3.35. The van der Waals surface area contributed by atoms with Gasteiger partial charge >= 0.3 is 0 Å². The molecule has 0 bridgehead atoms. The van der Waals surface area contributed by atoms with E-state index >= 15 is 0 Å². The average molecular weight is 214 g/mol. The molecular formula is C12H22O3. The molecule has 0 aromatic heterocycles. The number of allylic oxidation sites excluding steroid dienone is 1. The molecule has 0 fully saturated rings. The summed E-state index contributed by atoms with van der Waals surface area (Å²) in [4.78, 5) is 0. The van der Waals surface area contributed by atoms with Crippen LogP contribution in [0.4, 0.5) is 0 Å². The lowest BCUT2D eigenvalue weighted by atomic mass is 10.1. The molecule has 0 atom stereocenters. The molecule has 0 aromatic carbocycles. The minimum absolute atomic E-state index is 0.0464. The Balaban J connectivity index is 3.64. The third kappa shape index (κ3) is 9.50. The van der Waals surface area contributed by atoms with Crippen molar-refractivity contribution >= 4 is 0 Å². The highest BCUT2D eigenvalue weighted by Crippen LogP contribution is 2.06. The van der Waals surface area contributed by atoms with Gasteiger partial charge in [-0.25, -0.2) is 0 Å². The highest BCUT2D eigenvalue weighted by atomic mass is 16.5. The van der Waals surface area contributed by atoms with E-state index in [-0.39, 0.29) is 13.2 Å². The van der Waals surface area contributed by atoms with Crippen LogP contribution in [0.3, 0.4) is 0 Å². The lowest BCUT2D eigenvalue weighted by Crippen LogP contribution is -1.92. The SMILES string of the molecule is CCCCCC/C=C(/CO)O/C=C/CO. The smallest absolute Gasteiger partial charge is 0.125 e. The maximum Gasteiger partial charge on any atom is 0.125 e. The molecule has 2 N–H and O–H groups in total. The van der Waals surface area contributed by atoms with E-state index in [1.807, 2.05) is 6.08 Å². The van der Waals surface area contributed by atoms with Crippen LogP contribution in [0.2, 0.25) is 0 Å². The fourth-order valence-corrected chi connectivity index (χ4v) is 1.16. The zero-order valence-corrected chi connectivity index (χ0v) is 9.48. The Morgan fingerprint density at radius 3 is 2.60 bits per heavy atom. The highest BCUT2D eigenvalue weighted by molar-refractivity contribution is 4.95. The van der Waals surface area contributed by atoms with Crippen molar-refractivity contribution in [1.82, 2.24) is 0 Å². The minimum atomic E-state index is -0.0937. The number of rotatable bonds is 9. The first-order chi connectivity index (χ1) is 7.35. The average Bonchev–Trinajstić information content (AvgIpc) is 2.26. The van der Waals surface area contributed by atoms with Crippen LogP contribution < -0.4 is 0 Å². The van der Waals surface area contributed by atoms with Gasteiger partial charge in [-0.15, -0.1) is 0 Å². The molecule has 88 valence electrons. The van der Waals surface area contributed by atoms with Gasteiger partial charge in [-0.05, 0) is 25.0 Å². The fraction of sp³-hybridized carbons (Fsp3) is 0.667.